The van der Waals surface area contributed by atoms with E-state index in [2.05, 4.69) is 30.1 Å². The van der Waals surface area contributed by atoms with Crippen molar-refractivity contribution in [2.75, 3.05) is 56.6 Å². The first-order valence-electron chi connectivity index (χ1n) is 9.20. The summed E-state index contributed by atoms with van der Waals surface area (Å²) in [6, 6.07) is 9.46. The van der Waals surface area contributed by atoms with Crippen molar-refractivity contribution < 1.29 is 4.74 Å². The molecule has 3 rings (SSSR count). The molecule has 1 aliphatic heterocycles. The van der Waals surface area contributed by atoms with E-state index >= 15 is 0 Å². The lowest BCUT2D eigenvalue weighted by atomic mass is 10.3. The van der Waals surface area contributed by atoms with Crippen LogP contribution in [0.4, 0.5) is 11.6 Å². The number of nitrogens with zero attached hydrogens (tertiary/aromatic N) is 5. The molecule has 1 aliphatic rings. The number of hydrogen-bond donors (Lipinski definition) is 2. The number of halogens is 1. The zero-order valence-corrected chi connectivity index (χ0v) is 18.5. The first kappa shape index (κ1) is 22.2. The van der Waals surface area contributed by atoms with Gasteiger partial charge in [-0.2, -0.15) is 0 Å². The van der Waals surface area contributed by atoms with E-state index in [4.69, 9.17) is 10.5 Å². The average molecular weight is 497 g/mol. The molecule has 0 saturated carbocycles. The Balaban J connectivity index is 0.00000280. The van der Waals surface area contributed by atoms with E-state index in [-0.39, 0.29) is 24.0 Å². The maximum Gasteiger partial charge on any atom is 0.225 e. The minimum absolute atomic E-state index is 0. The van der Waals surface area contributed by atoms with E-state index in [1.54, 1.807) is 19.5 Å². The molecular weight excluding hydrogens is 469 g/mol. The lowest BCUT2D eigenvalue weighted by molar-refractivity contribution is 0.255. The summed E-state index contributed by atoms with van der Waals surface area (Å²) in [4.78, 5) is 17.7. The van der Waals surface area contributed by atoms with Crippen LogP contribution in [0.5, 0.6) is 5.75 Å². The first-order chi connectivity index (χ1) is 13.2. The van der Waals surface area contributed by atoms with Gasteiger partial charge < -0.3 is 20.7 Å². The van der Waals surface area contributed by atoms with Gasteiger partial charge in [0.2, 0.25) is 5.95 Å². The molecule has 28 heavy (non-hydrogen) atoms. The molecule has 152 valence electrons. The number of benzene rings is 1. The highest BCUT2D eigenvalue weighted by molar-refractivity contribution is 14.0. The third kappa shape index (κ3) is 6.79. The molecular formula is C19H28IN7O. The van der Waals surface area contributed by atoms with Crippen LogP contribution in [0.1, 0.15) is 6.42 Å². The third-order valence-electron chi connectivity index (χ3n) is 4.46. The molecule has 2 aromatic rings. The number of methoxy groups -OCH3 is 1. The number of ether oxygens (including phenoxy) is 1. The van der Waals surface area contributed by atoms with E-state index in [0.717, 1.165) is 56.5 Å². The Morgan fingerprint density at radius 3 is 2.64 bits per heavy atom. The molecule has 0 bridgehead atoms. The normalized spacial score (nSPS) is 15.0. The molecule has 1 saturated heterocycles. The van der Waals surface area contributed by atoms with Crippen LogP contribution in [0.3, 0.4) is 0 Å². The summed E-state index contributed by atoms with van der Waals surface area (Å²) < 4.78 is 5.20. The van der Waals surface area contributed by atoms with E-state index in [9.17, 15) is 0 Å². The Morgan fingerprint density at radius 2 is 1.93 bits per heavy atom. The van der Waals surface area contributed by atoms with Gasteiger partial charge in [0.05, 0.1) is 7.11 Å². The largest absolute Gasteiger partial charge is 0.497 e. The average Bonchev–Trinajstić information content (AvgIpc) is 2.72. The molecule has 0 unspecified atom stereocenters. The van der Waals surface area contributed by atoms with Crippen molar-refractivity contribution in [1.82, 2.24) is 14.9 Å². The summed E-state index contributed by atoms with van der Waals surface area (Å²) in [6.07, 6.45) is 4.55. The number of rotatable bonds is 7. The summed E-state index contributed by atoms with van der Waals surface area (Å²) in [5, 5.41) is 3.09. The number of aromatic nitrogens is 2. The first-order valence-corrected chi connectivity index (χ1v) is 9.20. The Morgan fingerprint density at radius 1 is 1.18 bits per heavy atom. The fourth-order valence-corrected chi connectivity index (χ4v) is 3.01. The van der Waals surface area contributed by atoms with Crippen LogP contribution in [0.2, 0.25) is 0 Å². The molecule has 2 heterocycles. The van der Waals surface area contributed by atoms with Crippen LogP contribution in [-0.4, -0.2) is 67.2 Å². The van der Waals surface area contributed by atoms with Gasteiger partial charge in [-0.05, 0) is 24.6 Å². The second-order valence-electron chi connectivity index (χ2n) is 6.35. The minimum Gasteiger partial charge on any atom is -0.497 e. The number of anilines is 2. The van der Waals surface area contributed by atoms with E-state index in [1.165, 1.54) is 0 Å². The van der Waals surface area contributed by atoms with Gasteiger partial charge >= 0.3 is 0 Å². The van der Waals surface area contributed by atoms with Crippen LogP contribution in [-0.2, 0) is 0 Å². The van der Waals surface area contributed by atoms with E-state index in [0.29, 0.717) is 12.5 Å². The topological polar surface area (TPSA) is 91.9 Å². The quantitative estimate of drug-likeness (QED) is 0.262. The fraction of sp³-hybridized carbons (Fsp3) is 0.421. The lowest BCUT2D eigenvalue weighted by Gasteiger charge is -2.34. The molecule has 1 aromatic heterocycles. The number of piperazine rings is 1. The van der Waals surface area contributed by atoms with Crippen molar-refractivity contribution in [3.8, 4) is 5.75 Å². The fourth-order valence-electron chi connectivity index (χ4n) is 3.01. The number of guanidine groups is 1. The molecule has 0 spiro atoms. The van der Waals surface area contributed by atoms with Crippen molar-refractivity contribution in [2.45, 2.75) is 6.42 Å². The Kier molecular flexibility index (Phi) is 9.21. The minimum atomic E-state index is 0. The third-order valence-corrected chi connectivity index (χ3v) is 4.46. The molecule has 1 fully saturated rings. The highest BCUT2D eigenvalue weighted by atomic mass is 127. The van der Waals surface area contributed by atoms with Gasteiger partial charge in [0.25, 0.3) is 0 Å². The van der Waals surface area contributed by atoms with Gasteiger partial charge in [0, 0.05) is 63.4 Å². The summed E-state index contributed by atoms with van der Waals surface area (Å²) in [5.41, 5.74) is 6.83. The highest BCUT2D eigenvalue weighted by Crippen LogP contribution is 2.16. The van der Waals surface area contributed by atoms with Gasteiger partial charge in [0.1, 0.15) is 5.75 Å². The summed E-state index contributed by atoms with van der Waals surface area (Å²) >= 11 is 0. The summed E-state index contributed by atoms with van der Waals surface area (Å²) in [7, 11) is 1.64. The highest BCUT2D eigenvalue weighted by Gasteiger charge is 2.17. The Labute approximate surface area is 183 Å². The van der Waals surface area contributed by atoms with Gasteiger partial charge in [-0.1, -0.05) is 6.07 Å². The number of nitrogens with two attached hydrogens (primary N) is 1. The molecule has 9 heteroatoms. The van der Waals surface area contributed by atoms with Gasteiger partial charge in [0.15, 0.2) is 5.96 Å². The lowest BCUT2D eigenvalue weighted by Crippen LogP contribution is -2.47. The van der Waals surface area contributed by atoms with E-state index < -0.39 is 0 Å². The zero-order valence-electron chi connectivity index (χ0n) is 16.1. The van der Waals surface area contributed by atoms with Crippen LogP contribution in [0.15, 0.2) is 47.7 Å². The molecule has 0 atom stereocenters. The molecule has 0 aliphatic carbocycles. The van der Waals surface area contributed by atoms with Crippen LogP contribution in [0, 0.1) is 0 Å². The maximum atomic E-state index is 5.96. The molecule has 1 aromatic carbocycles. The second-order valence-corrected chi connectivity index (χ2v) is 6.35. The van der Waals surface area contributed by atoms with Gasteiger partial charge in [-0.15, -0.1) is 24.0 Å². The van der Waals surface area contributed by atoms with Crippen molar-refractivity contribution >= 4 is 41.6 Å². The molecule has 8 nitrogen and oxygen atoms in total. The smallest absolute Gasteiger partial charge is 0.225 e. The van der Waals surface area contributed by atoms with E-state index in [1.807, 2.05) is 30.3 Å². The monoisotopic (exact) mass is 497 g/mol. The SMILES string of the molecule is COc1cccc(NC(N)=NCCCN2CCN(c3ncccn3)CC2)c1.I. The molecule has 0 radical (unpaired) electrons. The number of aliphatic imine (C=N–C) groups is 1. The predicted octanol–water partition coefficient (Wildman–Crippen LogP) is 2.04. The van der Waals surface area contributed by atoms with Gasteiger partial charge in [-0.3, -0.25) is 9.89 Å². The summed E-state index contributed by atoms with van der Waals surface area (Å²) in [5.74, 6) is 2.03. The predicted molar refractivity (Wildman–Crippen MR) is 124 cm³/mol. The van der Waals surface area contributed by atoms with Gasteiger partial charge in [-0.25, -0.2) is 9.97 Å². The Hall–Kier alpha value is -2.14. The maximum absolute atomic E-state index is 5.96. The van der Waals surface area contributed by atoms with Crippen LogP contribution in [0.25, 0.3) is 0 Å². The standard InChI is InChI=1S/C19H27N7O.HI/c1-27-17-6-2-5-16(15-17)24-18(20)21-9-4-10-25-11-13-26(14-12-25)19-22-7-3-8-23-19;/h2-3,5-8,15H,4,9-14H2,1H3,(H3,20,21,24);1H. The van der Waals surface area contributed by atoms with Crippen molar-refractivity contribution in [3.05, 3.63) is 42.7 Å². The Bertz CT molecular complexity index is 736. The number of nitrogens with one attached hydrogen (secondary N) is 1. The van der Waals surface area contributed by atoms with Crippen molar-refractivity contribution in [1.29, 1.82) is 0 Å². The van der Waals surface area contributed by atoms with Crippen molar-refractivity contribution in [2.24, 2.45) is 10.7 Å². The van der Waals surface area contributed by atoms with Crippen molar-refractivity contribution in [3.63, 3.8) is 0 Å². The number of hydrogen-bond acceptors (Lipinski definition) is 6. The van der Waals surface area contributed by atoms with Crippen LogP contribution >= 0.6 is 24.0 Å². The molecule has 3 N–H and O–H groups in total. The summed E-state index contributed by atoms with van der Waals surface area (Å²) in [6.45, 7) is 5.64. The second kappa shape index (κ2) is 11.6. The van der Waals surface area contributed by atoms with Crippen LogP contribution < -0.4 is 20.7 Å². The zero-order chi connectivity index (χ0) is 18.9. The molecule has 0 amide bonds.